The lowest BCUT2D eigenvalue weighted by Gasteiger charge is -2.45. The molecule has 3 heterocycles. The number of carbonyl (C=O) groups is 12. The van der Waals surface area contributed by atoms with Crippen molar-refractivity contribution in [3.63, 3.8) is 0 Å². The highest BCUT2D eigenvalue weighted by Gasteiger charge is 2.51. The second-order valence-corrected chi connectivity index (χ2v) is 30.0. The molecule has 30 heteroatoms. The molecular formula is C73H105ClF3N13O12S. The molecule has 0 unspecified atom stereocenters. The zero-order valence-corrected chi connectivity index (χ0v) is 64.1. The molecule has 12 amide bonds. The van der Waals surface area contributed by atoms with E-state index in [-0.39, 0.29) is 69.4 Å². The van der Waals surface area contributed by atoms with Crippen LogP contribution in [0.2, 0.25) is 5.02 Å². The number of alkyl halides is 3. The molecule has 6 rings (SSSR count). The smallest absolute Gasteiger partial charge is 0.347 e. The van der Waals surface area contributed by atoms with Gasteiger partial charge < -0.3 is 60.0 Å². The molecule has 25 nitrogen and oxygen atoms in total. The summed E-state index contributed by atoms with van der Waals surface area (Å²) in [5, 5.41) is 9.68. The first kappa shape index (κ1) is 83.7. The molecule has 3 aromatic rings. The van der Waals surface area contributed by atoms with Crippen LogP contribution in [-0.4, -0.2) is 256 Å². The van der Waals surface area contributed by atoms with Crippen LogP contribution in [0.5, 0.6) is 0 Å². The third kappa shape index (κ3) is 20.2. The van der Waals surface area contributed by atoms with E-state index >= 15 is 24.0 Å². The summed E-state index contributed by atoms with van der Waals surface area (Å²) in [6.45, 7) is 13.6. The first-order valence-electron chi connectivity index (χ1n) is 35.3. The molecule has 2 aliphatic heterocycles. The Morgan fingerprint density at radius 1 is 0.709 bits per heavy atom. The second-order valence-electron chi connectivity index (χ2n) is 28.9. The molecule has 1 aliphatic carbocycles. The summed E-state index contributed by atoms with van der Waals surface area (Å²) in [6, 6.07) is -1.64. The highest BCUT2D eigenvalue weighted by Crippen LogP contribution is 2.37. The van der Waals surface area contributed by atoms with Crippen LogP contribution in [0.1, 0.15) is 141 Å². The summed E-state index contributed by atoms with van der Waals surface area (Å²) in [4.78, 5) is 195. The molecule has 103 heavy (non-hydrogen) atoms. The van der Waals surface area contributed by atoms with E-state index in [9.17, 15) is 46.7 Å². The third-order valence-corrected chi connectivity index (χ3v) is 21.9. The van der Waals surface area contributed by atoms with Gasteiger partial charge in [0.2, 0.25) is 70.9 Å². The van der Waals surface area contributed by atoms with Gasteiger partial charge in [-0.2, -0.15) is 13.2 Å². The number of carbonyl (C=O) groups excluding carboxylic acids is 12. The number of hydrogen-bond donors (Lipinski definition) is 3. The number of thiazole rings is 1. The average Bonchev–Trinajstić information content (AvgIpc) is 1.68. The number of aryl methyl sites for hydroxylation is 2. The fourth-order valence-corrected chi connectivity index (χ4v) is 14.5. The van der Waals surface area contributed by atoms with E-state index in [2.05, 4.69) is 20.9 Å². The Labute approximate surface area is 612 Å². The highest BCUT2D eigenvalue weighted by atomic mass is 35.5. The summed E-state index contributed by atoms with van der Waals surface area (Å²) < 4.78 is 41.8. The van der Waals surface area contributed by atoms with Gasteiger partial charge in [-0.3, -0.25) is 57.5 Å². The normalized spacial score (nSPS) is 25.0. The van der Waals surface area contributed by atoms with Crippen molar-refractivity contribution in [1.82, 2.24) is 65.0 Å². The number of benzene rings is 2. The van der Waals surface area contributed by atoms with Crippen LogP contribution in [0, 0.1) is 24.7 Å². The summed E-state index contributed by atoms with van der Waals surface area (Å²) in [6.07, 6.45) is -4.11. The van der Waals surface area contributed by atoms with Crippen molar-refractivity contribution in [2.75, 3.05) is 76.5 Å². The summed E-state index contributed by atoms with van der Waals surface area (Å²) in [5.41, 5.74) is 0.883. The van der Waals surface area contributed by atoms with E-state index in [0.717, 1.165) is 32.4 Å². The maximum absolute atomic E-state index is 15.6. The van der Waals surface area contributed by atoms with Gasteiger partial charge >= 0.3 is 6.18 Å². The number of hydrogen-bond acceptors (Lipinski definition) is 14. The van der Waals surface area contributed by atoms with E-state index < -0.39 is 172 Å². The predicted molar refractivity (Wildman–Crippen MR) is 383 cm³/mol. The van der Waals surface area contributed by atoms with Crippen LogP contribution in [0.25, 0.3) is 0 Å². The minimum absolute atomic E-state index is 0.0654. The maximum Gasteiger partial charge on any atom is 0.417 e. The molecule has 1 saturated carbocycles. The SMILES string of the molecule is CC[C@H](C)[C@@H]1NC(=O)[C@H](CC(C)C)N(C)C(=O)C[C@@H](C(=O)N(C)C)N(C)C(=O)[C@H]([C@@H](C)CC)N(C)C(=O)C2(CCCC2)NC(=O)[C@H](Cc2cscn2)N(C)C(=O)[C@H](CCc2ccc(C(F)(F)F)c(Cl)c2)NC(=O)CN(C)C(=O)[C@H](Cc2ccc(C)cc2)N(C)C(=O)[C@@H]2CCN2C(=O)[C@H](C)N(C)C1=O. The lowest BCUT2D eigenvalue weighted by atomic mass is 9.90. The van der Waals surface area contributed by atoms with Gasteiger partial charge in [-0.15, -0.1) is 11.3 Å². The monoisotopic (exact) mass is 1480 g/mol. The molecule has 3 fully saturated rings. The number of amides is 12. The Morgan fingerprint density at radius 3 is 1.86 bits per heavy atom. The number of nitrogens with one attached hydrogen (secondary N) is 3. The summed E-state index contributed by atoms with van der Waals surface area (Å²) in [5.74, 6) is -9.99. The minimum atomic E-state index is -4.79. The van der Waals surface area contributed by atoms with Gasteiger partial charge in [-0.1, -0.05) is 115 Å². The lowest BCUT2D eigenvalue weighted by Crippen LogP contribution is -2.65. The van der Waals surface area contributed by atoms with Crippen LogP contribution < -0.4 is 16.0 Å². The van der Waals surface area contributed by atoms with Crippen molar-refractivity contribution in [3.8, 4) is 0 Å². The molecule has 0 radical (unpaired) electrons. The van der Waals surface area contributed by atoms with E-state index in [0.29, 0.717) is 36.9 Å². The summed E-state index contributed by atoms with van der Waals surface area (Å²) >= 11 is 7.39. The zero-order chi connectivity index (χ0) is 77.0. The topological polar surface area (TPSA) is 283 Å². The number of aromatic nitrogens is 1. The van der Waals surface area contributed by atoms with Crippen LogP contribution in [0.4, 0.5) is 13.2 Å². The predicted octanol–water partition coefficient (Wildman–Crippen LogP) is 5.61. The molecule has 0 bridgehead atoms. The second kappa shape index (κ2) is 36.0. The molecule has 1 aromatic heterocycles. The lowest BCUT2D eigenvalue weighted by molar-refractivity contribution is -0.160. The maximum atomic E-state index is 15.6. The molecule has 1 spiro atoms. The first-order valence-corrected chi connectivity index (χ1v) is 36.6. The van der Waals surface area contributed by atoms with Gasteiger partial charge in [0.1, 0.15) is 59.9 Å². The Balaban J connectivity index is 1.49. The van der Waals surface area contributed by atoms with E-state index in [4.69, 9.17) is 11.6 Å². The number of rotatable bonds is 14. The van der Waals surface area contributed by atoms with Crippen LogP contribution in [0.3, 0.4) is 0 Å². The van der Waals surface area contributed by atoms with Crippen LogP contribution in [0.15, 0.2) is 53.4 Å². The Hall–Kier alpha value is -8.21. The fraction of sp³-hybridized carbons (Fsp3) is 0.630. The molecule has 3 N–H and O–H groups in total. The van der Waals surface area contributed by atoms with Gasteiger partial charge in [0.15, 0.2) is 0 Å². The van der Waals surface area contributed by atoms with Crippen molar-refractivity contribution in [1.29, 1.82) is 0 Å². The minimum Gasteiger partial charge on any atom is -0.347 e. The third-order valence-electron chi connectivity index (χ3n) is 20.9. The Bertz CT molecular complexity index is 3560. The van der Waals surface area contributed by atoms with Gasteiger partial charge in [0.05, 0.1) is 34.8 Å². The number of halogens is 4. The quantitative estimate of drug-likeness (QED) is 0.177. The Morgan fingerprint density at radius 2 is 1.32 bits per heavy atom. The van der Waals surface area contributed by atoms with Crippen molar-refractivity contribution >= 4 is 93.8 Å². The average molecular weight is 1480 g/mol. The van der Waals surface area contributed by atoms with Crippen molar-refractivity contribution < 1.29 is 70.7 Å². The molecule has 568 valence electrons. The highest BCUT2D eigenvalue weighted by molar-refractivity contribution is 7.07. The van der Waals surface area contributed by atoms with Crippen molar-refractivity contribution in [2.45, 2.75) is 205 Å². The number of fused-ring (bicyclic) bond motifs is 1. The van der Waals surface area contributed by atoms with Gasteiger partial charge in [-0.25, -0.2) is 4.98 Å². The zero-order valence-electron chi connectivity index (χ0n) is 62.5. The van der Waals surface area contributed by atoms with Gasteiger partial charge in [-0.05, 0) is 93.4 Å². The molecule has 2 aromatic carbocycles. The first-order chi connectivity index (χ1) is 48.2. The number of nitrogens with zero attached hydrogens (tertiary/aromatic N) is 10. The summed E-state index contributed by atoms with van der Waals surface area (Å²) in [7, 11) is 12.5. The largest absolute Gasteiger partial charge is 0.417 e. The standard InChI is InChI=1S/C73H105ClF3N13O12S/c1-18-44(6)60-69(100)84(12)46(8)64(95)90-33-30-53(90)68(99)87(15)56(36-48-24-22-43(5)23-25-48)67(98)83(11)39-58(91)79-52(29-27-47-26-28-50(51(74)35-47)73(75,76)77)65(96)86(14)55(37-49-40-103-41-78-49)63(94)81-72(31-20-21-32-72)71(102)89(17)61(45(7)19-2)70(101)88(16)57(66(97)82(9)10)38-59(92)85(13)54(34-42(3)4)62(93)80-60/h22-26,28,35,40-42,44-46,52-57,60-61H,18-21,27,29-34,36-39H2,1-17H3,(H,79,91)(H,80,93)(H,81,94)/t44-,45-,46-,52-,53-,54-,55-,56-,57-,60-,61-/m0/s1. The van der Waals surface area contributed by atoms with Gasteiger partial charge in [0.25, 0.3) is 0 Å². The van der Waals surface area contributed by atoms with Crippen LogP contribution >= 0.6 is 22.9 Å². The molecule has 3 aliphatic rings. The molecular weight excluding hydrogens is 1380 g/mol. The van der Waals surface area contributed by atoms with Crippen molar-refractivity contribution in [3.05, 3.63) is 86.3 Å². The van der Waals surface area contributed by atoms with Crippen LogP contribution in [-0.2, 0) is 83.0 Å². The number of likely N-dealkylation sites (N-methyl/N-ethyl adjacent to an activating group) is 8. The molecule has 11 atom stereocenters. The fourth-order valence-electron chi connectivity index (χ4n) is 13.6. The van der Waals surface area contributed by atoms with Crippen molar-refractivity contribution in [2.24, 2.45) is 17.8 Å². The van der Waals surface area contributed by atoms with E-state index in [1.165, 1.54) is 123 Å². The molecule has 2 saturated heterocycles. The van der Waals surface area contributed by atoms with E-state index in [1.54, 1.807) is 31.4 Å². The van der Waals surface area contributed by atoms with E-state index in [1.807, 2.05) is 46.8 Å². The Kier molecular flexibility index (Phi) is 29.3. The van der Waals surface area contributed by atoms with Gasteiger partial charge in [0, 0.05) is 88.2 Å².